The van der Waals surface area contributed by atoms with E-state index in [1.54, 1.807) is 0 Å². The average Bonchev–Trinajstić information content (AvgIpc) is 2.89. The average molecular weight is 764 g/mol. The molecule has 0 rings (SSSR count). The molecule has 0 N–H and O–H groups in total. The van der Waals surface area contributed by atoms with E-state index in [0.29, 0.717) is 0 Å². The summed E-state index contributed by atoms with van der Waals surface area (Å²) in [6.45, 7) is 35.9. The van der Waals surface area contributed by atoms with Crippen LogP contribution in [0.25, 0.3) is 0 Å². The van der Waals surface area contributed by atoms with Gasteiger partial charge in [-0.05, 0) is 0 Å². The fraction of sp³-hybridized carbons (Fsp3) is 1.00. The molecule has 6 atom stereocenters. The molecule has 0 aromatic heterocycles. The fourth-order valence-corrected chi connectivity index (χ4v) is 21.6. The maximum atomic E-state index is 7.21. The van der Waals surface area contributed by atoms with Crippen molar-refractivity contribution in [1.82, 2.24) is 0 Å². The summed E-state index contributed by atoms with van der Waals surface area (Å²) in [7, 11) is -8.11. The minimum atomic E-state index is -5.55. The second-order valence-corrected chi connectivity index (χ2v) is 24.4. The molecule has 13 heteroatoms. The van der Waals surface area contributed by atoms with Crippen LogP contribution in [0.3, 0.4) is 0 Å². The van der Waals surface area contributed by atoms with Crippen LogP contribution in [-0.4, -0.2) is 65.9 Å². The Morgan fingerprint density at radius 1 is 0.400 bits per heavy atom. The molecule has 0 heterocycles. The van der Waals surface area contributed by atoms with Crippen molar-refractivity contribution in [2.24, 2.45) is 0 Å². The van der Waals surface area contributed by atoms with Crippen molar-refractivity contribution in [1.29, 1.82) is 0 Å². The quantitative estimate of drug-likeness (QED) is 0.0887. The third kappa shape index (κ3) is 18.5. The van der Waals surface area contributed by atoms with Crippen LogP contribution < -0.4 is 0 Å². The number of hydrogen-bond acceptors (Lipinski definition) is 10. The van der Waals surface area contributed by atoms with Crippen molar-refractivity contribution in [2.75, 3.05) is 0 Å². The number of hydrogen-bond donors (Lipinski definition) is 0. The van der Waals surface area contributed by atoms with Gasteiger partial charge in [-0.15, -0.1) is 0 Å². The van der Waals surface area contributed by atoms with Gasteiger partial charge in [0.2, 0.25) is 0 Å². The summed E-state index contributed by atoms with van der Waals surface area (Å²) in [5.41, 5.74) is -1.51. The minimum absolute atomic E-state index is 0.232. The van der Waals surface area contributed by atoms with Crippen LogP contribution in [0.1, 0.15) is 163 Å². The van der Waals surface area contributed by atoms with Crippen LogP contribution in [-0.2, 0) is 59.2 Å². The Labute approximate surface area is 287 Å². The Morgan fingerprint density at radius 2 is 0.578 bits per heavy atom. The molecule has 0 saturated carbocycles. The van der Waals surface area contributed by atoms with Crippen LogP contribution >= 0.6 is 0 Å². The van der Waals surface area contributed by atoms with E-state index in [4.69, 9.17) is 37.2 Å². The second-order valence-electron chi connectivity index (χ2n) is 14.2. The van der Waals surface area contributed by atoms with Crippen molar-refractivity contribution in [2.45, 2.75) is 211 Å². The predicted molar refractivity (Wildman–Crippen MR) is 180 cm³/mol. The van der Waals surface area contributed by atoms with Gasteiger partial charge in [-0.1, -0.05) is 0 Å². The van der Waals surface area contributed by atoms with Gasteiger partial charge in [0, 0.05) is 0 Å². The summed E-state index contributed by atoms with van der Waals surface area (Å²) >= 11 is -5.55. The first-order valence-corrected chi connectivity index (χ1v) is 24.7. The Bertz CT molecular complexity index is 668. The number of rotatable bonds is 24. The standard InChI is InChI=1S/2C12H27O4Si.2C4H9O.Zr/c2*1-7-10(4)14-17(13,15-11(5)8-2)16-12(6)9-3;2*1-4(2,3)5;/h2*10-12H,7-9H2,1-6H3;2*1-3H3;/q4*-1;+4. The van der Waals surface area contributed by atoms with Gasteiger partial charge in [0.25, 0.3) is 0 Å². The molecule has 0 spiro atoms. The van der Waals surface area contributed by atoms with Gasteiger partial charge < -0.3 is 0 Å². The van der Waals surface area contributed by atoms with E-state index in [9.17, 15) is 0 Å². The predicted octanol–water partition coefficient (Wildman–Crippen LogP) is 9.23. The molecule has 0 amide bonds. The van der Waals surface area contributed by atoms with E-state index in [2.05, 4.69) is 41.5 Å². The SMILES string of the molecule is CCC(C)O[Si](OC(C)CC)(OC(C)CC)[O][Zr]([O]C(C)(C)C)([O]C(C)(C)C)[O][Si](OC(C)CC)(OC(C)CC)OC(C)CC. The fourth-order valence-electron chi connectivity index (χ4n) is 3.47. The van der Waals surface area contributed by atoms with Gasteiger partial charge in [-0.3, -0.25) is 0 Å². The molecule has 0 aliphatic heterocycles. The summed E-state index contributed by atoms with van der Waals surface area (Å²) in [5, 5.41) is 0. The molecule has 10 nitrogen and oxygen atoms in total. The maximum absolute atomic E-state index is 7.21. The van der Waals surface area contributed by atoms with Gasteiger partial charge in [0.05, 0.1) is 0 Å². The molecule has 0 radical (unpaired) electrons. The van der Waals surface area contributed by atoms with Crippen molar-refractivity contribution >= 4 is 18.1 Å². The molecule has 272 valence electrons. The van der Waals surface area contributed by atoms with E-state index >= 15 is 0 Å². The molecule has 0 bridgehead atoms. The first kappa shape index (κ1) is 45.9. The topological polar surface area (TPSA) is 92.3 Å². The van der Waals surface area contributed by atoms with Crippen LogP contribution in [0.2, 0.25) is 0 Å². The molecular weight excluding hydrogens is 692 g/mol. The van der Waals surface area contributed by atoms with E-state index in [1.165, 1.54) is 0 Å². The third-order valence-corrected chi connectivity index (χ3v) is 23.6. The first-order chi connectivity index (χ1) is 20.6. The molecule has 0 aliphatic carbocycles. The van der Waals surface area contributed by atoms with Gasteiger partial charge in [0.1, 0.15) is 0 Å². The van der Waals surface area contributed by atoms with Crippen molar-refractivity contribution in [3.63, 3.8) is 0 Å². The Hall–Kier alpha value is 0.917. The molecule has 0 fully saturated rings. The van der Waals surface area contributed by atoms with E-state index < -0.39 is 51.3 Å². The monoisotopic (exact) mass is 762 g/mol. The van der Waals surface area contributed by atoms with Gasteiger partial charge >= 0.3 is 288 Å². The van der Waals surface area contributed by atoms with Crippen molar-refractivity contribution < 1.29 is 59.2 Å². The van der Waals surface area contributed by atoms with Gasteiger partial charge in [-0.2, -0.15) is 0 Å². The van der Waals surface area contributed by atoms with E-state index in [0.717, 1.165) is 38.5 Å². The third-order valence-electron chi connectivity index (χ3n) is 6.88. The summed E-state index contributed by atoms with van der Waals surface area (Å²) in [5.74, 6) is 0. The van der Waals surface area contributed by atoms with Crippen molar-refractivity contribution in [3.05, 3.63) is 0 Å². The molecular formula is C32H72O10Si2Zr. The molecule has 0 aromatic carbocycles. The van der Waals surface area contributed by atoms with E-state index in [-0.39, 0.29) is 36.6 Å². The first-order valence-electron chi connectivity index (χ1n) is 17.4. The Balaban J connectivity index is 7.88. The zero-order valence-electron chi connectivity index (χ0n) is 32.3. The summed E-state index contributed by atoms with van der Waals surface area (Å²) in [6, 6.07) is 0. The molecule has 0 saturated heterocycles. The second kappa shape index (κ2) is 20.6. The van der Waals surface area contributed by atoms with Crippen LogP contribution in [0.15, 0.2) is 0 Å². The molecule has 45 heavy (non-hydrogen) atoms. The van der Waals surface area contributed by atoms with Crippen LogP contribution in [0.4, 0.5) is 0 Å². The summed E-state index contributed by atoms with van der Waals surface area (Å²) < 4.78 is 68.6. The zero-order chi connectivity index (χ0) is 35.3. The molecule has 0 aliphatic rings. The zero-order valence-corrected chi connectivity index (χ0v) is 36.7. The summed E-state index contributed by atoms with van der Waals surface area (Å²) in [6.07, 6.45) is 2.94. The normalized spacial score (nSPS) is 20.1. The Morgan fingerprint density at radius 3 is 0.711 bits per heavy atom. The van der Waals surface area contributed by atoms with E-state index in [1.807, 2.05) is 83.1 Å². The van der Waals surface area contributed by atoms with Crippen molar-refractivity contribution in [3.8, 4) is 0 Å². The van der Waals surface area contributed by atoms with Crippen LogP contribution in [0, 0.1) is 0 Å². The van der Waals surface area contributed by atoms with Gasteiger partial charge in [-0.25, -0.2) is 0 Å². The molecule has 6 unspecified atom stereocenters. The summed E-state index contributed by atoms with van der Waals surface area (Å²) in [4.78, 5) is 0. The Kier molecular flexibility index (Phi) is 21.0. The molecule has 0 aromatic rings. The van der Waals surface area contributed by atoms with Crippen LogP contribution in [0.5, 0.6) is 0 Å². The van der Waals surface area contributed by atoms with Gasteiger partial charge in [0.15, 0.2) is 0 Å².